The van der Waals surface area contributed by atoms with E-state index in [4.69, 9.17) is 16.0 Å². The Bertz CT molecular complexity index is 948. The Morgan fingerprint density at radius 3 is 2.69 bits per heavy atom. The van der Waals surface area contributed by atoms with Crippen molar-refractivity contribution in [1.82, 2.24) is 10.2 Å². The molecule has 0 aliphatic carbocycles. The molecule has 0 bridgehead atoms. The summed E-state index contributed by atoms with van der Waals surface area (Å²) in [5.74, 6) is 0.0288. The molecule has 0 unspecified atom stereocenters. The van der Waals surface area contributed by atoms with Crippen LogP contribution in [-0.2, 0) is 4.79 Å². The number of thioether (sulfide) groups is 1. The Balaban J connectivity index is 1.58. The lowest BCUT2D eigenvalue weighted by molar-refractivity contribution is -0.384. The molecule has 0 radical (unpaired) electrons. The van der Waals surface area contributed by atoms with E-state index in [0.717, 1.165) is 17.3 Å². The van der Waals surface area contributed by atoms with Gasteiger partial charge in [0.2, 0.25) is 11.8 Å². The Morgan fingerprint density at radius 1 is 1.23 bits per heavy atom. The smallest absolute Gasteiger partial charge is 0.277 e. The van der Waals surface area contributed by atoms with E-state index in [0.29, 0.717) is 11.6 Å². The summed E-state index contributed by atoms with van der Waals surface area (Å²) >= 11 is 7.01. The van der Waals surface area contributed by atoms with Crippen molar-refractivity contribution in [3.05, 3.63) is 63.7 Å². The summed E-state index contributed by atoms with van der Waals surface area (Å²) in [4.78, 5) is 22.1. The highest BCUT2D eigenvalue weighted by molar-refractivity contribution is 7.99. The van der Waals surface area contributed by atoms with Gasteiger partial charge in [0, 0.05) is 17.7 Å². The number of rotatable bonds is 6. The fourth-order valence-electron chi connectivity index (χ4n) is 2.00. The number of hydrogen-bond acceptors (Lipinski definition) is 7. The second-order valence-corrected chi connectivity index (χ2v) is 6.33. The lowest BCUT2D eigenvalue weighted by Gasteiger charge is -2.06. The minimum absolute atomic E-state index is 0.0176. The topological polar surface area (TPSA) is 111 Å². The average Bonchev–Trinajstić information content (AvgIpc) is 3.11. The zero-order valence-electron chi connectivity index (χ0n) is 13.1. The third-order valence-corrected chi connectivity index (χ3v) is 4.32. The van der Waals surface area contributed by atoms with Crippen LogP contribution < -0.4 is 5.32 Å². The molecule has 26 heavy (non-hydrogen) atoms. The van der Waals surface area contributed by atoms with Crippen molar-refractivity contribution in [1.29, 1.82) is 0 Å². The molecule has 2 aromatic carbocycles. The van der Waals surface area contributed by atoms with Crippen molar-refractivity contribution in [3.63, 3.8) is 0 Å². The van der Waals surface area contributed by atoms with E-state index < -0.39 is 4.92 Å². The summed E-state index contributed by atoms with van der Waals surface area (Å²) in [5.41, 5.74) is 0.925. The molecule has 1 aromatic heterocycles. The molecule has 1 N–H and O–H groups in total. The number of carbonyl (C=O) groups is 1. The van der Waals surface area contributed by atoms with E-state index in [1.54, 1.807) is 0 Å². The van der Waals surface area contributed by atoms with Crippen molar-refractivity contribution >= 4 is 40.6 Å². The number of anilines is 1. The molecule has 0 atom stereocenters. The fourth-order valence-corrected chi connectivity index (χ4v) is 2.78. The van der Waals surface area contributed by atoms with Gasteiger partial charge in [0.1, 0.15) is 0 Å². The molecule has 0 saturated carbocycles. The lowest BCUT2D eigenvalue weighted by Crippen LogP contribution is -2.14. The molecule has 3 aromatic rings. The van der Waals surface area contributed by atoms with Crippen LogP contribution in [0.3, 0.4) is 0 Å². The summed E-state index contributed by atoms with van der Waals surface area (Å²) in [6.45, 7) is 0. The summed E-state index contributed by atoms with van der Waals surface area (Å²) in [6.07, 6.45) is 0. The Labute approximate surface area is 156 Å². The van der Waals surface area contributed by atoms with E-state index in [2.05, 4.69) is 15.5 Å². The number of nitro groups is 1. The first-order valence-corrected chi connectivity index (χ1v) is 8.65. The molecule has 8 nitrogen and oxygen atoms in total. The first-order chi connectivity index (χ1) is 12.5. The van der Waals surface area contributed by atoms with Gasteiger partial charge >= 0.3 is 0 Å². The summed E-state index contributed by atoms with van der Waals surface area (Å²) < 4.78 is 5.50. The second-order valence-electron chi connectivity index (χ2n) is 5.00. The van der Waals surface area contributed by atoms with Crippen LogP contribution in [0.25, 0.3) is 11.5 Å². The van der Waals surface area contributed by atoms with Crippen LogP contribution >= 0.6 is 23.4 Å². The van der Waals surface area contributed by atoms with Gasteiger partial charge in [-0.15, -0.1) is 10.2 Å². The number of benzene rings is 2. The Kier molecular flexibility index (Phi) is 5.49. The molecule has 0 saturated heterocycles. The quantitative estimate of drug-likeness (QED) is 0.384. The van der Waals surface area contributed by atoms with Gasteiger partial charge in [0.05, 0.1) is 21.4 Å². The van der Waals surface area contributed by atoms with Crippen molar-refractivity contribution < 1.29 is 14.1 Å². The van der Waals surface area contributed by atoms with Crippen LogP contribution in [0.5, 0.6) is 0 Å². The largest absolute Gasteiger partial charge is 0.411 e. The number of nitro benzene ring substituents is 1. The van der Waals surface area contributed by atoms with Crippen LogP contribution in [0, 0.1) is 10.1 Å². The van der Waals surface area contributed by atoms with Crippen LogP contribution in [0.1, 0.15) is 0 Å². The van der Waals surface area contributed by atoms with E-state index in [1.807, 2.05) is 30.3 Å². The molecule has 1 heterocycles. The molecule has 0 aliphatic heterocycles. The molecule has 132 valence electrons. The minimum atomic E-state index is -0.562. The van der Waals surface area contributed by atoms with Gasteiger partial charge < -0.3 is 9.73 Å². The number of amides is 1. The number of hydrogen-bond donors (Lipinski definition) is 1. The van der Waals surface area contributed by atoms with Crippen molar-refractivity contribution in [2.45, 2.75) is 5.22 Å². The summed E-state index contributed by atoms with van der Waals surface area (Å²) in [7, 11) is 0. The second kappa shape index (κ2) is 7.98. The predicted molar refractivity (Wildman–Crippen MR) is 97.2 cm³/mol. The third kappa shape index (κ3) is 4.38. The van der Waals surface area contributed by atoms with Gasteiger partial charge in [0.25, 0.3) is 10.9 Å². The fraction of sp³-hybridized carbons (Fsp3) is 0.0625. The molecular weight excluding hydrogens is 380 g/mol. The first-order valence-electron chi connectivity index (χ1n) is 7.28. The molecule has 0 fully saturated rings. The van der Waals surface area contributed by atoms with Crippen molar-refractivity contribution in [2.24, 2.45) is 0 Å². The third-order valence-electron chi connectivity index (χ3n) is 3.19. The molecule has 10 heteroatoms. The van der Waals surface area contributed by atoms with Crippen molar-refractivity contribution in [3.8, 4) is 11.5 Å². The van der Waals surface area contributed by atoms with E-state index in [9.17, 15) is 14.9 Å². The van der Waals surface area contributed by atoms with E-state index >= 15 is 0 Å². The van der Waals surface area contributed by atoms with E-state index in [-0.39, 0.29) is 27.6 Å². The average molecular weight is 391 g/mol. The Morgan fingerprint density at radius 2 is 2.00 bits per heavy atom. The SMILES string of the molecule is O=C(CSc1nnc(-c2ccccc2)o1)Nc1ccc([N+](=O)[O-])cc1Cl. The zero-order valence-corrected chi connectivity index (χ0v) is 14.7. The minimum Gasteiger partial charge on any atom is -0.411 e. The predicted octanol–water partition coefficient (Wildman–Crippen LogP) is 4.03. The van der Waals surface area contributed by atoms with E-state index in [1.165, 1.54) is 18.2 Å². The number of non-ortho nitro benzene ring substituents is 1. The van der Waals surface area contributed by atoms with Gasteiger partial charge in [-0.25, -0.2) is 0 Å². The highest BCUT2D eigenvalue weighted by Gasteiger charge is 2.14. The maximum Gasteiger partial charge on any atom is 0.277 e. The number of nitrogens with one attached hydrogen (secondary N) is 1. The zero-order chi connectivity index (χ0) is 18.5. The highest BCUT2D eigenvalue weighted by Crippen LogP contribution is 2.27. The highest BCUT2D eigenvalue weighted by atomic mass is 35.5. The molecule has 0 spiro atoms. The van der Waals surface area contributed by atoms with Crippen LogP contribution in [0.4, 0.5) is 11.4 Å². The number of aromatic nitrogens is 2. The molecular formula is C16H11ClN4O4S. The maximum absolute atomic E-state index is 12.0. The van der Waals surface area contributed by atoms with Crippen LogP contribution in [0.15, 0.2) is 58.2 Å². The van der Waals surface area contributed by atoms with Crippen LogP contribution in [-0.4, -0.2) is 26.8 Å². The van der Waals surface area contributed by atoms with Gasteiger partial charge in [-0.1, -0.05) is 41.6 Å². The van der Waals surface area contributed by atoms with Gasteiger partial charge in [0.15, 0.2) is 0 Å². The van der Waals surface area contributed by atoms with Gasteiger partial charge in [-0.2, -0.15) is 0 Å². The molecule has 0 aliphatic rings. The number of carbonyl (C=O) groups excluding carboxylic acids is 1. The normalized spacial score (nSPS) is 10.5. The maximum atomic E-state index is 12.0. The molecule has 1 amide bonds. The first kappa shape index (κ1) is 17.9. The lowest BCUT2D eigenvalue weighted by atomic mass is 10.2. The number of nitrogens with zero attached hydrogens (tertiary/aromatic N) is 3. The monoisotopic (exact) mass is 390 g/mol. The standard InChI is InChI=1S/C16H11ClN4O4S/c17-12-8-11(21(23)24)6-7-13(12)18-14(22)9-26-16-20-19-15(25-16)10-4-2-1-3-5-10/h1-8H,9H2,(H,18,22). The summed E-state index contributed by atoms with van der Waals surface area (Å²) in [6, 6.07) is 13.1. The Hall–Kier alpha value is -2.91. The van der Waals surface area contributed by atoms with Crippen LogP contribution in [0.2, 0.25) is 5.02 Å². The summed E-state index contributed by atoms with van der Waals surface area (Å²) in [5, 5.41) is 21.4. The van der Waals surface area contributed by atoms with Crippen molar-refractivity contribution in [2.75, 3.05) is 11.1 Å². The van der Waals surface area contributed by atoms with Gasteiger partial charge in [-0.3, -0.25) is 14.9 Å². The molecule has 3 rings (SSSR count). The number of halogens is 1. The van der Waals surface area contributed by atoms with Gasteiger partial charge in [-0.05, 0) is 18.2 Å².